The number of aryl methyl sites for hydroxylation is 1. The summed E-state index contributed by atoms with van der Waals surface area (Å²) in [6.07, 6.45) is 4.06. The summed E-state index contributed by atoms with van der Waals surface area (Å²) in [5.74, 6) is 0.280. The minimum atomic E-state index is -0.207. The lowest BCUT2D eigenvalue weighted by molar-refractivity contribution is 0.261. The number of hydrogen-bond donors (Lipinski definition) is 2. The number of anilines is 2. The van der Waals surface area contributed by atoms with E-state index in [2.05, 4.69) is 22.2 Å². The van der Waals surface area contributed by atoms with Crippen molar-refractivity contribution in [1.82, 2.24) is 9.88 Å². The van der Waals surface area contributed by atoms with E-state index in [4.69, 9.17) is 5.73 Å². The van der Waals surface area contributed by atoms with Gasteiger partial charge in [-0.05, 0) is 68.8 Å². The third-order valence-electron chi connectivity index (χ3n) is 5.35. The molecule has 140 valence electrons. The van der Waals surface area contributed by atoms with Crippen LogP contribution >= 0.6 is 0 Å². The van der Waals surface area contributed by atoms with E-state index in [1.807, 2.05) is 31.2 Å². The van der Waals surface area contributed by atoms with Crippen LogP contribution in [-0.2, 0) is 0 Å². The first-order valence-corrected chi connectivity index (χ1v) is 9.41. The zero-order chi connectivity index (χ0) is 19.0. The van der Waals surface area contributed by atoms with Gasteiger partial charge in [-0.2, -0.15) is 0 Å². The van der Waals surface area contributed by atoms with Gasteiger partial charge in [0.2, 0.25) is 0 Å². The lowest BCUT2D eigenvalue weighted by Crippen LogP contribution is -2.39. The lowest BCUT2D eigenvalue weighted by Gasteiger charge is -2.31. The van der Waals surface area contributed by atoms with Crippen LogP contribution in [0, 0.1) is 12.7 Å². The molecule has 0 spiro atoms. The molecule has 3 N–H and O–H groups in total. The van der Waals surface area contributed by atoms with Crippen molar-refractivity contribution >= 4 is 22.3 Å². The number of nitrogens with one attached hydrogen (secondary N) is 1. The Morgan fingerprint density at radius 2 is 2.11 bits per heavy atom. The van der Waals surface area contributed by atoms with Gasteiger partial charge in [0.1, 0.15) is 11.6 Å². The summed E-state index contributed by atoms with van der Waals surface area (Å²) in [5, 5.41) is 5.66. The summed E-state index contributed by atoms with van der Waals surface area (Å²) in [5.41, 5.74) is 9.34. The van der Waals surface area contributed by atoms with Gasteiger partial charge in [0.15, 0.2) is 0 Å². The number of nitrogens with two attached hydrogens (primary N) is 1. The summed E-state index contributed by atoms with van der Waals surface area (Å²) in [6, 6.07) is 11.5. The number of benzene rings is 2. The summed E-state index contributed by atoms with van der Waals surface area (Å²) < 4.78 is 14.6. The molecule has 0 saturated carbocycles. The number of rotatable bonds is 3. The van der Waals surface area contributed by atoms with Crippen LogP contribution in [0.15, 0.2) is 42.6 Å². The maximum absolute atomic E-state index is 14.6. The van der Waals surface area contributed by atoms with Crippen LogP contribution in [0.4, 0.5) is 15.9 Å². The van der Waals surface area contributed by atoms with Gasteiger partial charge < -0.3 is 16.0 Å². The molecule has 4 nitrogen and oxygen atoms in total. The molecule has 0 amide bonds. The average molecular weight is 364 g/mol. The SMILES string of the molecule is Cc1cccc(F)c1-c1cc(N[C@@H]2CCCN(C)C2)c2cc(N)ncc2c1. The average Bonchev–Trinajstić information content (AvgIpc) is 2.62. The Bertz CT molecular complexity index is 965. The zero-order valence-corrected chi connectivity index (χ0v) is 15.8. The smallest absolute Gasteiger partial charge is 0.131 e. The highest BCUT2D eigenvalue weighted by Crippen LogP contribution is 2.35. The molecule has 27 heavy (non-hydrogen) atoms. The first kappa shape index (κ1) is 17.7. The number of nitrogen functional groups attached to an aromatic ring is 1. The largest absolute Gasteiger partial charge is 0.384 e. The second kappa shape index (κ2) is 7.16. The Morgan fingerprint density at radius 3 is 2.89 bits per heavy atom. The molecule has 1 aliphatic rings. The first-order valence-electron chi connectivity index (χ1n) is 9.41. The molecular formula is C22H25FN4. The van der Waals surface area contributed by atoms with Crippen molar-refractivity contribution in [2.75, 3.05) is 31.2 Å². The molecule has 1 saturated heterocycles. The molecule has 1 aromatic heterocycles. The van der Waals surface area contributed by atoms with Crippen LogP contribution in [0.2, 0.25) is 0 Å². The summed E-state index contributed by atoms with van der Waals surface area (Å²) >= 11 is 0. The van der Waals surface area contributed by atoms with E-state index in [9.17, 15) is 4.39 Å². The lowest BCUT2D eigenvalue weighted by atomic mass is 9.96. The van der Waals surface area contributed by atoms with Crippen molar-refractivity contribution in [3.63, 3.8) is 0 Å². The first-order chi connectivity index (χ1) is 13.0. The summed E-state index contributed by atoms with van der Waals surface area (Å²) in [4.78, 5) is 6.57. The Labute approximate surface area is 159 Å². The highest BCUT2D eigenvalue weighted by atomic mass is 19.1. The van der Waals surface area contributed by atoms with Crippen LogP contribution < -0.4 is 11.1 Å². The Kier molecular flexibility index (Phi) is 4.70. The summed E-state index contributed by atoms with van der Waals surface area (Å²) in [7, 11) is 2.15. The molecule has 1 aliphatic heterocycles. The third-order valence-corrected chi connectivity index (χ3v) is 5.35. The molecule has 0 aliphatic carbocycles. The number of fused-ring (bicyclic) bond motifs is 1. The quantitative estimate of drug-likeness (QED) is 0.721. The van der Waals surface area contributed by atoms with E-state index >= 15 is 0 Å². The Hall–Kier alpha value is -2.66. The molecule has 3 aromatic rings. The van der Waals surface area contributed by atoms with E-state index in [-0.39, 0.29) is 5.82 Å². The fourth-order valence-corrected chi connectivity index (χ4v) is 4.04. The number of halogens is 1. The number of hydrogen-bond acceptors (Lipinski definition) is 4. The van der Waals surface area contributed by atoms with Crippen LogP contribution in [0.5, 0.6) is 0 Å². The van der Waals surface area contributed by atoms with Crippen LogP contribution in [0.25, 0.3) is 21.9 Å². The predicted molar refractivity (Wildman–Crippen MR) is 110 cm³/mol. The number of piperidine rings is 1. The van der Waals surface area contributed by atoms with Crippen molar-refractivity contribution in [3.05, 3.63) is 54.0 Å². The van der Waals surface area contributed by atoms with Gasteiger partial charge >= 0.3 is 0 Å². The molecule has 2 heterocycles. The van der Waals surface area contributed by atoms with Gasteiger partial charge in [0, 0.05) is 40.8 Å². The fraction of sp³-hybridized carbons (Fsp3) is 0.318. The Balaban J connectivity index is 1.84. The van der Waals surface area contributed by atoms with Gasteiger partial charge in [-0.3, -0.25) is 0 Å². The van der Waals surface area contributed by atoms with Crippen LogP contribution in [0.1, 0.15) is 18.4 Å². The van der Waals surface area contributed by atoms with Crippen molar-refractivity contribution in [3.8, 4) is 11.1 Å². The molecule has 4 rings (SSSR count). The third kappa shape index (κ3) is 3.60. The number of likely N-dealkylation sites (N-methyl/N-ethyl adjacent to an activating group) is 1. The van der Waals surface area contributed by atoms with Crippen molar-refractivity contribution in [1.29, 1.82) is 0 Å². The van der Waals surface area contributed by atoms with E-state index in [0.717, 1.165) is 47.1 Å². The second-order valence-corrected chi connectivity index (χ2v) is 7.53. The van der Waals surface area contributed by atoms with Crippen LogP contribution in [-0.4, -0.2) is 36.1 Å². The van der Waals surface area contributed by atoms with E-state index in [1.54, 1.807) is 12.3 Å². The van der Waals surface area contributed by atoms with Crippen molar-refractivity contribution < 1.29 is 4.39 Å². The molecular weight excluding hydrogens is 339 g/mol. The monoisotopic (exact) mass is 364 g/mol. The number of likely N-dealkylation sites (tertiary alicyclic amines) is 1. The van der Waals surface area contributed by atoms with Crippen molar-refractivity contribution in [2.45, 2.75) is 25.8 Å². The fourth-order valence-electron chi connectivity index (χ4n) is 4.04. The summed E-state index contributed by atoms with van der Waals surface area (Å²) in [6.45, 7) is 4.06. The zero-order valence-electron chi connectivity index (χ0n) is 15.8. The number of nitrogens with zero attached hydrogens (tertiary/aromatic N) is 2. The topological polar surface area (TPSA) is 54.2 Å². The number of aromatic nitrogens is 1. The van der Waals surface area contributed by atoms with Gasteiger partial charge in [-0.1, -0.05) is 12.1 Å². The molecule has 1 atom stereocenters. The predicted octanol–water partition coefficient (Wildman–Crippen LogP) is 4.44. The van der Waals surface area contributed by atoms with Crippen LogP contribution in [0.3, 0.4) is 0 Å². The molecule has 0 unspecified atom stereocenters. The van der Waals surface area contributed by atoms with Gasteiger partial charge in [0.25, 0.3) is 0 Å². The highest BCUT2D eigenvalue weighted by molar-refractivity contribution is 5.98. The van der Waals surface area contributed by atoms with E-state index < -0.39 is 0 Å². The Morgan fingerprint density at radius 1 is 1.26 bits per heavy atom. The molecule has 0 bridgehead atoms. The standard InChI is InChI=1S/C22H25FN4/c1-14-5-3-7-19(23)22(14)15-9-16-12-25-21(24)11-18(16)20(10-15)26-17-6-4-8-27(2)13-17/h3,5,7,9-12,17,26H,4,6,8,13H2,1-2H3,(H2,24,25)/t17-/m1/s1. The molecule has 2 aromatic carbocycles. The molecule has 1 fully saturated rings. The maximum atomic E-state index is 14.6. The second-order valence-electron chi connectivity index (χ2n) is 7.53. The maximum Gasteiger partial charge on any atom is 0.131 e. The normalized spacial score (nSPS) is 18.0. The van der Waals surface area contributed by atoms with Crippen molar-refractivity contribution in [2.24, 2.45) is 0 Å². The minimum absolute atomic E-state index is 0.207. The minimum Gasteiger partial charge on any atom is -0.384 e. The molecule has 0 radical (unpaired) electrons. The van der Waals surface area contributed by atoms with Gasteiger partial charge in [-0.25, -0.2) is 9.37 Å². The van der Waals surface area contributed by atoms with Gasteiger partial charge in [0.05, 0.1) is 0 Å². The highest BCUT2D eigenvalue weighted by Gasteiger charge is 2.19. The number of pyridine rings is 1. The molecule has 5 heteroatoms. The van der Waals surface area contributed by atoms with E-state index in [1.165, 1.54) is 12.5 Å². The van der Waals surface area contributed by atoms with E-state index in [0.29, 0.717) is 17.4 Å². The van der Waals surface area contributed by atoms with Gasteiger partial charge in [-0.15, -0.1) is 0 Å².